The van der Waals surface area contributed by atoms with E-state index >= 15 is 0 Å². The number of amides is 2. The third kappa shape index (κ3) is 6.17. The lowest BCUT2D eigenvalue weighted by atomic mass is 10.0. The lowest BCUT2D eigenvalue weighted by molar-refractivity contribution is -0.122. The number of ether oxygens (including phenoxy) is 1. The molecule has 2 aromatic carbocycles. The molecule has 0 fully saturated rings. The molecular formula is C25H29N3O3S. The van der Waals surface area contributed by atoms with Crippen LogP contribution in [0, 0.1) is 0 Å². The van der Waals surface area contributed by atoms with Gasteiger partial charge in [0.1, 0.15) is 5.75 Å². The highest BCUT2D eigenvalue weighted by Gasteiger charge is 2.17. The zero-order chi connectivity index (χ0) is 23.3. The summed E-state index contributed by atoms with van der Waals surface area (Å²) in [5, 5.41) is 8.13. The van der Waals surface area contributed by atoms with Gasteiger partial charge in [-0.05, 0) is 43.0 Å². The highest BCUT2D eigenvalue weighted by molar-refractivity contribution is 7.14. The monoisotopic (exact) mass is 451 g/mol. The smallest absolute Gasteiger partial charge is 0.266 e. The summed E-state index contributed by atoms with van der Waals surface area (Å²) in [4.78, 5) is 28.4. The summed E-state index contributed by atoms with van der Waals surface area (Å²) in [6, 6.07) is 15.6. The number of nitrogens with zero attached hydrogens (tertiary/aromatic N) is 1. The predicted octanol–water partition coefficient (Wildman–Crippen LogP) is 5.54. The zero-order valence-electron chi connectivity index (χ0n) is 19.0. The Bertz CT molecular complexity index is 1080. The normalized spacial score (nSPS) is 12.8. The van der Waals surface area contributed by atoms with Gasteiger partial charge in [0, 0.05) is 17.9 Å². The van der Waals surface area contributed by atoms with Crippen molar-refractivity contribution in [2.75, 3.05) is 5.32 Å². The van der Waals surface area contributed by atoms with Crippen LogP contribution in [0.5, 0.6) is 5.75 Å². The van der Waals surface area contributed by atoms with Crippen LogP contribution in [0.15, 0.2) is 53.9 Å². The molecule has 0 spiro atoms. The lowest BCUT2D eigenvalue weighted by Crippen LogP contribution is -2.30. The number of hydrogen-bond donors (Lipinski definition) is 2. The summed E-state index contributed by atoms with van der Waals surface area (Å²) in [6.45, 7) is 9.40. The van der Waals surface area contributed by atoms with E-state index in [1.54, 1.807) is 6.92 Å². The minimum atomic E-state index is -0.653. The highest BCUT2D eigenvalue weighted by Crippen LogP contribution is 2.27. The van der Waals surface area contributed by atoms with Gasteiger partial charge in [0.2, 0.25) is 5.91 Å². The van der Waals surface area contributed by atoms with Gasteiger partial charge in [0.15, 0.2) is 11.2 Å². The summed E-state index contributed by atoms with van der Waals surface area (Å²) in [5.74, 6) is 0.749. The van der Waals surface area contributed by atoms with Gasteiger partial charge >= 0.3 is 0 Å². The van der Waals surface area contributed by atoms with Crippen molar-refractivity contribution in [3.8, 4) is 17.0 Å². The summed E-state index contributed by atoms with van der Waals surface area (Å²) < 4.78 is 5.83. The van der Waals surface area contributed by atoms with Crippen LogP contribution in [0.1, 0.15) is 57.7 Å². The number of benzene rings is 2. The van der Waals surface area contributed by atoms with E-state index in [-0.39, 0.29) is 17.9 Å². The van der Waals surface area contributed by atoms with Crippen molar-refractivity contribution in [2.24, 2.45) is 0 Å². The maximum Gasteiger partial charge on any atom is 0.266 e. The number of aromatic nitrogens is 1. The van der Waals surface area contributed by atoms with E-state index in [0.29, 0.717) is 16.8 Å². The van der Waals surface area contributed by atoms with Crippen LogP contribution in [-0.4, -0.2) is 22.9 Å². The molecule has 1 heterocycles. The van der Waals surface area contributed by atoms with Crippen LogP contribution >= 0.6 is 11.3 Å². The molecule has 0 saturated heterocycles. The first-order chi connectivity index (χ1) is 15.2. The van der Waals surface area contributed by atoms with E-state index in [1.165, 1.54) is 18.3 Å². The number of carbonyl (C=O) groups excluding carboxylic acids is 2. The molecule has 0 aliphatic rings. The second-order valence-electron chi connectivity index (χ2n) is 8.06. The molecule has 0 bridgehead atoms. The van der Waals surface area contributed by atoms with E-state index in [1.807, 2.05) is 60.8 Å². The second kappa shape index (κ2) is 10.4. The first-order valence-electron chi connectivity index (χ1n) is 10.6. The maximum atomic E-state index is 12.6. The molecule has 0 unspecified atom stereocenters. The second-order valence-corrected chi connectivity index (χ2v) is 8.92. The molecule has 3 aromatic rings. The van der Waals surface area contributed by atoms with E-state index < -0.39 is 6.10 Å². The van der Waals surface area contributed by atoms with Crippen molar-refractivity contribution in [1.82, 2.24) is 10.3 Å². The van der Waals surface area contributed by atoms with E-state index in [2.05, 4.69) is 29.5 Å². The Labute approximate surface area is 193 Å². The fourth-order valence-corrected chi connectivity index (χ4v) is 3.93. The molecule has 168 valence electrons. The van der Waals surface area contributed by atoms with E-state index in [4.69, 9.17) is 4.74 Å². The van der Waals surface area contributed by atoms with Crippen molar-refractivity contribution < 1.29 is 14.3 Å². The van der Waals surface area contributed by atoms with Gasteiger partial charge in [-0.25, -0.2) is 4.98 Å². The summed E-state index contributed by atoms with van der Waals surface area (Å²) >= 11 is 1.37. The van der Waals surface area contributed by atoms with Crippen molar-refractivity contribution in [2.45, 2.75) is 52.7 Å². The Hall–Kier alpha value is -3.19. The minimum Gasteiger partial charge on any atom is -0.481 e. The van der Waals surface area contributed by atoms with Crippen LogP contribution in [0.3, 0.4) is 0 Å². The SMILES string of the molecule is CC(=O)N[C@@H](C)c1ccc(-c2csc(NC(=O)[C@@H](C)Oc3cccc(C(C)C)c3)n2)cc1. The maximum absolute atomic E-state index is 12.6. The highest BCUT2D eigenvalue weighted by atomic mass is 32.1. The first kappa shape index (κ1) is 23.5. The number of nitrogens with one attached hydrogen (secondary N) is 2. The summed E-state index contributed by atoms with van der Waals surface area (Å²) in [6.07, 6.45) is -0.653. The Kier molecular flexibility index (Phi) is 7.64. The Balaban J connectivity index is 1.61. The van der Waals surface area contributed by atoms with Crippen molar-refractivity contribution in [3.63, 3.8) is 0 Å². The fourth-order valence-electron chi connectivity index (χ4n) is 3.21. The van der Waals surface area contributed by atoms with Crippen LogP contribution in [-0.2, 0) is 9.59 Å². The predicted molar refractivity (Wildman–Crippen MR) is 129 cm³/mol. The van der Waals surface area contributed by atoms with E-state index in [9.17, 15) is 9.59 Å². The van der Waals surface area contributed by atoms with Gasteiger partial charge in [-0.15, -0.1) is 11.3 Å². The number of rotatable bonds is 8. The average molecular weight is 452 g/mol. The van der Waals surface area contributed by atoms with Gasteiger partial charge < -0.3 is 10.1 Å². The molecule has 32 heavy (non-hydrogen) atoms. The van der Waals surface area contributed by atoms with Gasteiger partial charge in [-0.2, -0.15) is 0 Å². The Morgan fingerprint density at radius 1 is 1.00 bits per heavy atom. The van der Waals surface area contributed by atoms with Gasteiger partial charge in [-0.1, -0.05) is 50.2 Å². The third-order valence-electron chi connectivity index (χ3n) is 5.07. The molecule has 2 N–H and O–H groups in total. The number of thiazole rings is 1. The Morgan fingerprint density at radius 2 is 1.72 bits per heavy atom. The summed E-state index contributed by atoms with van der Waals surface area (Å²) in [7, 11) is 0. The molecule has 0 aliphatic heterocycles. The molecule has 0 radical (unpaired) electrons. The van der Waals surface area contributed by atoms with E-state index in [0.717, 1.165) is 22.4 Å². The molecule has 6 nitrogen and oxygen atoms in total. The minimum absolute atomic E-state index is 0.0606. The first-order valence-corrected chi connectivity index (χ1v) is 11.5. The van der Waals surface area contributed by atoms with Crippen molar-refractivity contribution in [1.29, 1.82) is 0 Å². The number of anilines is 1. The molecular weight excluding hydrogens is 422 g/mol. The van der Waals surface area contributed by atoms with Crippen molar-refractivity contribution >= 4 is 28.3 Å². The van der Waals surface area contributed by atoms with Crippen LogP contribution in [0.25, 0.3) is 11.3 Å². The van der Waals surface area contributed by atoms with Gasteiger partial charge in [0.25, 0.3) is 5.91 Å². The van der Waals surface area contributed by atoms with Crippen LogP contribution in [0.2, 0.25) is 0 Å². The molecule has 2 amide bonds. The third-order valence-corrected chi connectivity index (χ3v) is 5.83. The Morgan fingerprint density at radius 3 is 2.38 bits per heavy atom. The summed E-state index contributed by atoms with van der Waals surface area (Å²) in [5.41, 5.74) is 3.90. The number of carbonyl (C=O) groups is 2. The van der Waals surface area contributed by atoms with Crippen LogP contribution < -0.4 is 15.4 Å². The van der Waals surface area contributed by atoms with Gasteiger partial charge in [0.05, 0.1) is 11.7 Å². The van der Waals surface area contributed by atoms with Gasteiger partial charge in [-0.3, -0.25) is 14.9 Å². The van der Waals surface area contributed by atoms with Crippen molar-refractivity contribution in [3.05, 3.63) is 65.0 Å². The molecule has 3 rings (SSSR count). The molecule has 1 aromatic heterocycles. The average Bonchev–Trinajstić information content (AvgIpc) is 3.22. The standard InChI is InChI=1S/C25H29N3O3S/c1-15(2)21-7-6-8-22(13-21)31-17(4)24(30)28-25-27-23(14-32-25)20-11-9-19(10-12-20)16(3)26-18(5)29/h6-17H,1-5H3,(H,26,29)(H,27,28,30)/t16-,17+/m0/s1. The fraction of sp³-hybridized carbons (Fsp3) is 0.320. The molecule has 0 aliphatic carbocycles. The van der Waals surface area contributed by atoms with Crippen LogP contribution in [0.4, 0.5) is 5.13 Å². The molecule has 2 atom stereocenters. The lowest BCUT2D eigenvalue weighted by Gasteiger charge is -2.15. The quantitative estimate of drug-likeness (QED) is 0.471. The largest absolute Gasteiger partial charge is 0.481 e. The number of hydrogen-bond acceptors (Lipinski definition) is 5. The topological polar surface area (TPSA) is 80.3 Å². The zero-order valence-corrected chi connectivity index (χ0v) is 19.8. The molecule has 7 heteroatoms. The molecule has 0 saturated carbocycles.